The molecule has 1 aliphatic rings. The summed E-state index contributed by atoms with van der Waals surface area (Å²) in [5, 5.41) is 0. The van der Waals surface area contributed by atoms with Gasteiger partial charge in [0.25, 0.3) is 5.56 Å². The maximum Gasteiger partial charge on any atom is 0.332 e. The van der Waals surface area contributed by atoms with E-state index in [9.17, 15) is 9.59 Å². The molecule has 31 heavy (non-hydrogen) atoms. The first-order valence-corrected chi connectivity index (χ1v) is 10.6. The molecule has 0 unspecified atom stereocenters. The van der Waals surface area contributed by atoms with Crippen molar-refractivity contribution in [3.05, 3.63) is 50.6 Å². The van der Waals surface area contributed by atoms with Crippen LogP contribution in [0.2, 0.25) is 0 Å². The molecule has 9 heteroatoms. The number of imidazole rings is 1. The monoisotopic (exact) mass is 425 g/mol. The number of ether oxygens (including phenoxy) is 2. The van der Waals surface area contributed by atoms with Crippen molar-refractivity contribution in [2.45, 2.75) is 45.9 Å². The fourth-order valence-electron chi connectivity index (χ4n) is 3.79. The molecule has 1 aliphatic heterocycles. The Morgan fingerprint density at radius 3 is 2.52 bits per heavy atom. The molecule has 0 aromatic carbocycles. The van der Waals surface area contributed by atoms with Crippen molar-refractivity contribution >= 4 is 23.3 Å². The van der Waals surface area contributed by atoms with Gasteiger partial charge >= 0.3 is 5.69 Å². The Hall–Kier alpha value is -3.20. The predicted octanol–water partition coefficient (Wildman–Crippen LogP) is 2.06. The molecule has 0 bridgehead atoms. The first-order valence-electron chi connectivity index (χ1n) is 10.6. The van der Waals surface area contributed by atoms with Gasteiger partial charge in [0.1, 0.15) is 11.9 Å². The predicted molar refractivity (Wildman–Crippen MR) is 118 cm³/mol. The quantitative estimate of drug-likeness (QED) is 0.600. The van der Waals surface area contributed by atoms with Crippen molar-refractivity contribution in [2.75, 3.05) is 13.2 Å². The van der Waals surface area contributed by atoms with Crippen molar-refractivity contribution < 1.29 is 9.47 Å². The molecule has 4 rings (SSSR count). The Bertz CT molecular complexity index is 1210. The molecule has 1 fully saturated rings. The molecule has 1 saturated heterocycles. The van der Waals surface area contributed by atoms with Gasteiger partial charge in [0.05, 0.1) is 13.2 Å². The Balaban J connectivity index is 1.61. The van der Waals surface area contributed by atoms with E-state index in [1.165, 1.54) is 9.13 Å². The van der Waals surface area contributed by atoms with E-state index in [4.69, 9.17) is 9.47 Å². The van der Waals surface area contributed by atoms with E-state index in [-0.39, 0.29) is 17.4 Å². The average Bonchev–Trinajstić information content (AvgIpc) is 3.11. The van der Waals surface area contributed by atoms with Crippen molar-refractivity contribution in [2.24, 2.45) is 7.05 Å². The van der Waals surface area contributed by atoms with Crippen molar-refractivity contribution in [3.8, 4) is 5.88 Å². The first kappa shape index (κ1) is 21.0. The van der Waals surface area contributed by atoms with Crippen LogP contribution < -0.4 is 16.0 Å². The number of rotatable bonds is 6. The standard InChI is InChI=1S/C22H27N5O4/c1-4-26-20-19(21(28)27(5-2)22(26)29)25(3)17(24-20)8-6-15-7-9-18(23-14-15)31-16-10-12-30-13-11-16/h6-9,14,16H,4-5,10-13H2,1-3H3/b8-6+. The molecule has 0 aliphatic carbocycles. The zero-order chi connectivity index (χ0) is 22.0. The first-order chi connectivity index (χ1) is 15.0. The number of hydrogen-bond acceptors (Lipinski definition) is 6. The summed E-state index contributed by atoms with van der Waals surface area (Å²) in [5.74, 6) is 1.18. The van der Waals surface area contributed by atoms with Gasteiger partial charge < -0.3 is 14.0 Å². The van der Waals surface area contributed by atoms with Gasteiger partial charge in [-0.3, -0.25) is 13.9 Å². The second kappa shape index (κ2) is 8.89. The molecule has 0 spiro atoms. The van der Waals surface area contributed by atoms with Gasteiger partial charge in [-0.1, -0.05) is 0 Å². The lowest BCUT2D eigenvalue weighted by Gasteiger charge is -2.22. The summed E-state index contributed by atoms with van der Waals surface area (Å²) < 4.78 is 15.7. The molecular weight excluding hydrogens is 398 g/mol. The second-order valence-electron chi connectivity index (χ2n) is 7.47. The normalized spacial score (nSPS) is 15.2. The van der Waals surface area contributed by atoms with Gasteiger partial charge in [-0.2, -0.15) is 0 Å². The van der Waals surface area contributed by atoms with Crippen LogP contribution in [-0.4, -0.2) is 43.0 Å². The SMILES string of the molecule is CCn1c(=O)c2c(nc(/C=C/c3ccc(OC4CCOCC4)nc3)n2C)n(CC)c1=O. The highest BCUT2D eigenvalue weighted by Crippen LogP contribution is 2.17. The van der Waals surface area contributed by atoms with Crippen LogP contribution in [0.25, 0.3) is 23.3 Å². The third-order valence-electron chi connectivity index (χ3n) is 5.55. The third-order valence-corrected chi connectivity index (χ3v) is 5.55. The van der Waals surface area contributed by atoms with Gasteiger partial charge in [-0.05, 0) is 37.6 Å². The Labute approximate surface area is 179 Å². The fourth-order valence-corrected chi connectivity index (χ4v) is 3.79. The molecule has 0 saturated carbocycles. The number of pyridine rings is 1. The highest BCUT2D eigenvalue weighted by Gasteiger charge is 2.18. The Kier molecular flexibility index (Phi) is 6.03. The van der Waals surface area contributed by atoms with Crippen LogP contribution in [0.15, 0.2) is 27.9 Å². The van der Waals surface area contributed by atoms with Gasteiger partial charge in [0.15, 0.2) is 11.2 Å². The second-order valence-corrected chi connectivity index (χ2v) is 7.47. The number of fused-ring (bicyclic) bond motifs is 1. The van der Waals surface area contributed by atoms with Crippen LogP contribution in [0.5, 0.6) is 5.88 Å². The van der Waals surface area contributed by atoms with E-state index in [1.807, 2.05) is 31.2 Å². The maximum atomic E-state index is 12.8. The molecular formula is C22H27N5O4. The van der Waals surface area contributed by atoms with Crippen LogP contribution in [0.4, 0.5) is 0 Å². The largest absolute Gasteiger partial charge is 0.474 e. The number of hydrogen-bond donors (Lipinski definition) is 0. The van der Waals surface area contributed by atoms with Gasteiger partial charge in [-0.15, -0.1) is 0 Å². The summed E-state index contributed by atoms with van der Waals surface area (Å²) in [7, 11) is 1.78. The van der Waals surface area contributed by atoms with E-state index in [1.54, 1.807) is 24.7 Å². The summed E-state index contributed by atoms with van der Waals surface area (Å²) in [6, 6.07) is 3.77. The number of aryl methyl sites for hydroxylation is 2. The summed E-state index contributed by atoms with van der Waals surface area (Å²) in [4.78, 5) is 34.3. The Morgan fingerprint density at radius 1 is 1.13 bits per heavy atom. The van der Waals surface area contributed by atoms with Crippen molar-refractivity contribution in [1.82, 2.24) is 23.7 Å². The molecule has 0 atom stereocenters. The lowest BCUT2D eigenvalue weighted by Crippen LogP contribution is -2.39. The lowest BCUT2D eigenvalue weighted by atomic mass is 10.1. The molecule has 4 heterocycles. The van der Waals surface area contributed by atoms with Crippen LogP contribution >= 0.6 is 0 Å². The number of nitrogens with zero attached hydrogens (tertiary/aromatic N) is 5. The highest BCUT2D eigenvalue weighted by atomic mass is 16.5. The Morgan fingerprint density at radius 2 is 1.87 bits per heavy atom. The zero-order valence-corrected chi connectivity index (χ0v) is 18.1. The minimum Gasteiger partial charge on any atom is -0.474 e. The van der Waals surface area contributed by atoms with E-state index in [0.29, 0.717) is 36.0 Å². The van der Waals surface area contributed by atoms with Gasteiger partial charge in [-0.25, -0.2) is 14.8 Å². The van der Waals surface area contributed by atoms with Crippen molar-refractivity contribution in [1.29, 1.82) is 0 Å². The minimum atomic E-state index is -0.333. The summed E-state index contributed by atoms with van der Waals surface area (Å²) in [6.45, 7) is 5.85. The average molecular weight is 425 g/mol. The smallest absolute Gasteiger partial charge is 0.332 e. The van der Waals surface area contributed by atoms with E-state index >= 15 is 0 Å². The fraction of sp³-hybridized carbons (Fsp3) is 0.455. The molecule has 3 aromatic rings. The summed E-state index contributed by atoms with van der Waals surface area (Å²) in [6.07, 6.45) is 7.32. The minimum absolute atomic E-state index is 0.144. The van der Waals surface area contributed by atoms with Crippen LogP contribution in [-0.2, 0) is 24.9 Å². The maximum absolute atomic E-state index is 12.8. The van der Waals surface area contributed by atoms with Crippen molar-refractivity contribution in [3.63, 3.8) is 0 Å². The van der Waals surface area contributed by atoms with E-state index in [0.717, 1.165) is 31.6 Å². The van der Waals surface area contributed by atoms with Gasteiger partial charge in [0, 0.05) is 45.2 Å². The molecule has 3 aromatic heterocycles. The van der Waals surface area contributed by atoms with E-state index < -0.39 is 0 Å². The zero-order valence-electron chi connectivity index (χ0n) is 18.1. The molecule has 9 nitrogen and oxygen atoms in total. The van der Waals surface area contributed by atoms with Crippen LogP contribution in [0.1, 0.15) is 38.1 Å². The van der Waals surface area contributed by atoms with E-state index in [2.05, 4.69) is 9.97 Å². The number of aromatic nitrogens is 5. The highest BCUT2D eigenvalue weighted by molar-refractivity contribution is 5.76. The summed E-state index contributed by atoms with van der Waals surface area (Å²) >= 11 is 0. The lowest BCUT2D eigenvalue weighted by molar-refractivity contribution is 0.0237. The summed E-state index contributed by atoms with van der Waals surface area (Å²) in [5.41, 5.74) is 1.05. The third kappa shape index (κ3) is 4.05. The molecule has 0 amide bonds. The van der Waals surface area contributed by atoms with Crippen LogP contribution in [0.3, 0.4) is 0 Å². The molecule has 0 radical (unpaired) electrons. The molecule has 0 N–H and O–H groups in total. The topological polar surface area (TPSA) is 93.2 Å². The van der Waals surface area contributed by atoms with Gasteiger partial charge in [0.2, 0.25) is 5.88 Å². The van der Waals surface area contributed by atoms with Crippen LogP contribution in [0, 0.1) is 0 Å². The molecule has 164 valence electrons.